The van der Waals surface area contributed by atoms with Crippen molar-refractivity contribution in [2.24, 2.45) is 17.8 Å². The third-order valence-electron chi connectivity index (χ3n) is 7.46. The fourth-order valence-electron chi connectivity index (χ4n) is 5.50. The van der Waals surface area contributed by atoms with Gasteiger partial charge in [0.05, 0.1) is 0 Å². The van der Waals surface area contributed by atoms with Gasteiger partial charge in [0.25, 0.3) is 0 Å². The van der Waals surface area contributed by atoms with Crippen LogP contribution < -0.4 is 0 Å². The molecule has 0 aromatic heterocycles. The zero-order valence-electron chi connectivity index (χ0n) is 17.1. The molecular formula is C25H39F. The molecule has 0 amide bonds. The first kappa shape index (κ1) is 19.9. The Morgan fingerprint density at radius 1 is 0.808 bits per heavy atom. The summed E-state index contributed by atoms with van der Waals surface area (Å²) >= 11 is 0. The SMILES string of the molecule is CCCC1CCC(CCc2ccc(C3CCC(CC)CC3)cc2F)CC1. The molecule has 2 aliphatic rings. The molecule has 1 aromatic rings. The first-order chi connectivity index (χ1) is 12.7. The van der Waals surface area contributed by atoms with Crippen molar-refractivity contribution in [1.82, 2.24) is 0 Å². The Balaban J connectivity index is 1.48. The number of benzene rings is 1. The van der Waals surface area contributed by atoms with E-state index in [1.165, 1.54) is 82.6 Å². The smallest absolute Gasteiger partial charge is 0.126 e. The van der Waals surface area contributed by atoms with Crippen molar-refractivity contribution in [3.05, 3.63) is 35.1 Å². The molecular weight excluding hydrogens is 319 g/mol. The molecule has 0 atom stereocenters. The highest BCUT2D eigenvalue weighted by molar-refractivity contribution is 5.27. The van der Waals surface area contributed by atoms with Crippen LogP contribution in [0, 0.1) is 23.6 Å². The molecule has 0 N–H and O–H groups in total. The fraction of sp³-hybridized carbons (Fsp3) is 0.760. The van der Waals surface area contributed by atoms with Crippen molar-refractivity contribution in [2.45, 2.75) is 103 Å². The Morgan fingerprint density at radius 3 is 2.00 bits per heavy atom. The van der Waals surface area contributed by atoms with Crippen LogP contribution in [0.15, 0.2) is 18.2 Å². The minimum atomic E-state index is 0.0554. The van der Waals surface area contributed by atoms with Gasteiger partial charge in [-0.3, -0.25) is 0 Å². The molecule has 0 heterocycles. The monoisotopic (exact) mass is 358 g/mol. The summed E-state index contributed by atoms with van der Waals surface area (Å²) in [5.41, 5.74) is 2.20. The first-order valence-electron chi connectivity index (χ1n) is 11.5. The van der Waals surface area contributed by atoms with Crippen LogP contribution in [0.2, 0.25) is 0 Å². The summed E-state index contributed by atoms with van der Waals surface area (Å²) in [6.45, 7) is 4.60. The van der Waals surface area contributed by atoms with Gasteiger partial charge in [-0.05, 0) is 79.4 Å². The summed E-state index contributed by atoms with van der Waals surface area (Å²) in [6, 6.07) is 6.19. The second-order valence-corrected chi connectivity index (χ2v) is 9.19. The fourth-order valence-corrected chi connectivity index (χ4v) is 5.50. The van der Waals surface area contributed by atoms with Crippen LogP contribution in [0.1, 0.15) is 108 Å². The van der Waals surface area contributed by atoms with Crippen LogP contribution in [0.4, 0.5) is 4.39 Å². The van der Waals surface area contributed by atoms with Crippen LogP contribution in [-0.2, 0) is 6.42 Å². The second-order valence-electron chi connectivity index (χ2n) is 9.19. The first-order valence-corrected chi connectivity index (χ1v) is 11.5. The highest BCUT2D eigenvalue weighted by atomic mass is 19.1. The molecule has 0 nitrogen and oxygen atoms in total. The van der Waals surface area contributed by atoms with Gasteiger partial charge < -0.3 is 0 Å². The second kappa shape index (κ2) is 9.90. The van der Waals surface area contributed by atoms with Crippen LogP contribution in [-0.4, -0.2) is 0 Å². The van der Waals surface area contributed by atoms with Crippen molar-refractivity contribution in [1.29, 1.82) is 0 Å². The van der Waals surface area contributed by atoms with E-state index < -0.39 is 0 Å². The maximum atomic E-state index is 14.7. The van der Waals surface area contributed by atoms with Gasteiger partial charge in [0, 0.05) is 0 Å². The van der Waals surface area contributed by atoms with E-state index in [1.807, 2.05) is 6.07 Å². The normalized spacial score (nSPS) is 29.7. The molecule has 0 bridgehead atoms. The molecule has 2 aliphatic carbocycles. The minimum Gasteiger partial charge on any atom is -0.207 e. The van der Waals surface area contributed by atoms with Gasteiger partial charge in [-0.15, -0.1) is 0 Å². The summed E-state index contributed by atoms with van der Waals surface area (Å²) in [6.07, 6.45) is 16.8. The van der Waals surface area contributed by atoms with E-state index in [-0.39, 0.29) is 5.82 Å². The Kier molecular flexibility index (Phi) is 7.58. The average Bonchev–Trinajstić information content (AvgIpc) is 2.68. The van der Waals surface area contributed by atoms with E-state index in [2.05, 4.69) is 26.0 Å². The minimum absolute atomic E-state index is 0.0554. The van der Waals surface area contributed by atoms with Gasteiger partial charge >= 0.3 is 0 Å². The van der Waals surface area contributed by atoms with Gasteiger partial charge in [0.15, 0.2) is 0 Å². The highest BCUT2D eigenvalue weighted by Gasteiger charge is 2.23. The zero-order chi connectivity index (χ0) is 18.4. The summed E-state index contributed by atoms with van der Waals surface area (Å²) in [5.74, 6) is 3.35. The van der Waals surface area contributed by atoms with E-state index in [9.17, 15) is 4.39 Å². The summed E-state index contributed by atoms with van der Waals surface area (Å²) < 4.78 is 14.7. The third-order valence-corrected chi connectivity index (χ3v) is 7.46. The van der Waals surface area contributed by atoms with Crippen molar-refractivity contribution in [2.75, 3.05) is 0 Å². The maximum Gasteiger partial charge on any atom is 0.126 e. The van der Waals surface area contributed by atoms with E-state index in [0.29, 0.717) is 5.92 Å². The number of halogens is 1. The van der Waals surface area contributed by atoms with E-state index in [1.54, 1.807) is 0 Å². The van der Waals surface area contributed by atoms with Gasteiger partial charge in [-0.1, -0.05) is 70.9 Å². The molecule has 26 heavy (non-hydrogen) atoms. The standard InChI is InChI=1S/C25H39F/c1-3-5-20-6-8-21(9-7-20)12-15-23-16-17-24(18-25(23)26)22-13-10-19(4-2)11-14-22/h16-22H,3-15H2,1-2H3. The molecule has 2 saturated carbocycles. The summed E-state index contributed by atoms with van der Waals surface area (Å²) in [7, 11) is 0. The Morgan fingerprint density at radius 2 is 1.42 bits per heavy atom. The van der Waals surface area contributed by atoms with Crippen LogP contribution in [0.3, 0.4) is 0 Å². The Bertz CT molecular complexity index is 533. The lowest BCUT2D eigenvalue weighted by Crippen LogP contribution is -2.15. The van der Waals surface area contributed by atoms with Crippen molar-refractivity contribution >= 4 is 0 Å². The Hall–Kier alpha value is -0.850. The predicted octanol–water partition coefficient (Wildman–Crippen LogP) is 8.05. The number of hydrogen-bond acceptors (Lipinski definition) is 0. The lowest BCUT2D eigenvalue weighted by atomic mass is 9.77. The summed E-state index contributed by atoms with van der Waals surface area (Å²) in [4.78, 5) is 0. The van der Waals surface area contributed by atoms with Crippen LogP contribution >= 0.6 is 0 Å². The Labute approximate surface area is 161 Å². The van der Waals surface area contributed by atoms with Gasteiger partial charge in [-0.2, -0.15) is 0 Å². The lowest BCUT2D eigenvalue weighted by Gasteiger charge is -2.29. The van der Waals surface area contributed by atoms with Gasteiger partial charge in [0.1, 0.15) is 5.82 Å². The van der Waals surface area contributed by atoms with Crippen LogP contribution in [0.25, 0.3) is 0 Å². The summed E-state index contributed by atoms with van der Waals surface area (Å²) in [5, 5.41) is 0. The van der Waals surface area contributed by atoms with Crippen LogP contribution in [0.5, 0.6) is 0 Å². The molecule has 146 valence electrons. The zero-order valence-corrected chi connectivity index (χ0v) is 17.1. The molecule has 0 saturated heterocycles. The number of aryl methyl sites for hydroxylation is 1. The topological polar surface area (TPSA) is 0 Å². The van der Waals surface area contributed by atoms with Gasteiger partial charge in [0.2, 0.25) is 0 Å². The largest absolute Gasteiger partial charge is 0.207 e. The molecule has 1 heteroatoms. The lowest BCUT2D eigenvalue weighted by molar-refractivity contribution is 0.252. The van der Waals surface area contributed by atoms with E-state index in [4.69, 9.17) is 0 Å². The predicted molar refractivity (Wildman–Crippen MR) is 110 cm³/mol. The quantitative estimate of drug-likeness (QED) is 0.462. The molecule has 0 radical (unpaired) electrons. The average molecular weight is 359 g/mol. The molecule has 0 aliphatic heterocycles. The molecule has 0 spiro atoms. The van der Waals surface area contributed by atoms with Crippen molar-refractivity contribution in [3.8, 4) is 0 Å². The maximum absolute atomic E-state index is 14.7. The van der Waals surface area contributed by atoms with E-state index in [0.717, 1.165) is 29.7 Å². The highest BCUT2D eigenvalue weighted by Crippen LogP contribution is 2.38. The van der Waals surface area contributed by atoms with E-state index >= 15 is 0 Å². The van der Waals surface area contributed by atoms with Crippen molar-refractivity contribution in [3.63, 3.8) is 0 Å². The van der Waals surface area contributed by atoms with Crippen molar-refractivity contribution < 1.29 is 4.39 Å². The molecule has 2 fully saturated rings. The molecule has 1 aromatic carbocycles. The molecule has 3 rings (SSSR count). The number of hydrogen-bond donors (Lipinski definition) is 0. The number of rotatable bonds is 7. The third kappa shape index (κ3) is 5.33. The van der Waals surface area contributed by atoms with Gasteiger partial charge in [-0.25, -0.2) is 4.39 Å². The molecule has 0 unspecified atom stereocenters.